The number of nitrogens with one attached hydrogen (secondary N) is 1. The summed E-state index contributed by atoms with van der Waals surface area (Å²) < 4.78 is 33.2. The number of likely N-dealkylation sites (tertiary alicyclic amines) is 1. The van der Waals surface area contributed by atoms with Crippen molar-refractivity contribution in [3.63, 3.8) is 0 Å². The minimum atomic E-state index is -3.38. The van der Waals surface area contributed by atoms with Gasteiger partial charge in [-0.15, -0.1) is 0 Å². The number of carbonyl (C=O) groups is 2. The Morgan fingerprint density at radius 3 is 2.50 bits per heavy atom. The van der Waals surface area contributed by atoms with Crippen LogP contribution in [0.4, 0.5) is 0 Å². The van der Waals surface area contributed by atoms with Crippen molar-refractivity contribution in [2.24, 2.45) is 5.92 Å². The minimum absolute atomic E-state index is 0.00984. The molecule has 0 atom stereocenters. The topological polar surface area (TPSA) is 99.3 Å². The van der Waals surface area contributed by atoms with Crippen LogP contribution < -0.4 is 5.32 Å². The summed E-state index contributed by atoms with van der Waals surface area (Å²) in [5.74, 6) is 1.15. The van der Waals surface area contributed by atoms with Gasteiger partial charge in [-0.2, -0.15) is 0 Å². The standard InChI is InChI=1S/C37H43ClN4O5S/c38-32-9-10-34(30-13-15-40(16-14-30)19-20-41-21-22-47-36(26-41)31-7-4-8-33(43)23-31)35(24-32)37(44)39-25-28-11-17-42(18-12-28)48(45,46)27-29-5-2-1-3-6-29/h1-10,21-22,24,26,28,30H,11-20,23,25,27H2,(H,39,44). The lowest BCUT2D eigenvalue weighted by atomic mass is 9.86. The van der Waals surface area contributed by atoms with E-state index in [9.17, 15) is 18.0 Å². The molecule has 11 heteroatoms. The SMILES string of the molecule is O=C1C=CC=C(C2=CN(CCN3CCC(c4ccc(Cl)cc4C(=O)NCC4CCN(S(=O)(=O)Cc5ccccc5)CC4)CC3)C=CO2)C1. The fraction of sp³-hybridized carbons (Fsp3) is 0.405. The van der Waals surface area contributed by atoms with Gasteiger partial charge in [0.15, 0.2) is 5.78 Å². The molecule has 3 aliphatic heterocycles. The van der Waals surface area contributed by atoms with Gasteiger partial charge in [0.25, 0.3) is 5.91 Å². The molecule has 2 saturated heterocycles. The van der Waals surface area contributed by atoms with E-state index < -0.39 is 10.0 Å². The van der Waals surface area contributed by atoms with Crippen LogP contribution in [-0.2, 0) is 25.3 Å². The van der Waals surface area contributed by atoms with E-state index in [1.807, 2.05) is 60.9 Å². The first-order valence-corrected chi connectivity index (χ1v) is 18.8. The number of sulfonamides is 1. The highest BCUT2D eigenvalue weighted by Crippen LogP contribution is 2.32. The largest absolute Gasteiger partial charge is 0.462 e. The van der Waals surface area contributed by atoms with Crippen molar-refractivity contribution < 1.29 is 22.7 Å². The number of halogens is 1. The third-order valence-corrected chi connectivity index (χ3v) is 11.7. The lowest BCUT2D eigenvalue weighted by molar-refractivity contribution is -0.114. The molecule has 3 heterocycles. The smallest absolute Gasteiger partial charge is 0.251 e. The molecule has 254 valence electrons. The Balaban J connectivity index is 0.971. The first-order valence-electron chi connectivity index (χ1n) is 16.8. The Kier molecular flexibility index (Phi) is 11.2. The van der Waals surface area contributed by atoms with Gasteiger partial charge in [-0.25, -0.2) is 12.7 Å². The summed E-state index contributed by atoms with van der Waals surface area (Å²) in [4.78, 5) is 29.9. The third kappa shape index (κ3) is 8.85. The molecule has 1 N–H and O–H groups in total. The number of allylic oxidation sites excluding steroid dienone is 4. The van der Waals surface area contributed by atoms with Crippen molar-refractivity contribution in [1.29, 1.82) is 0 Å². The molecule has 2 aromatic carbocycles. The number of amides is 1. The molecule has 48 heavy (non-hydrogen) atoms. The van der Waals surface area contributed by atoms with Gasteiger partial charge in [-0.3, -0.25) is 9.59 Å². The van der Waals surface area contributed by atoms with Gasteiger partial charge in [-0.05, 0) is 79.9 Å². The normalized spacial score (nSPS) is 19.9. The van der Waals surface area contributed by atoms with Gasteiger partial charge >= 0.3 is 0 Å². The van der Waals surface area contributed by atoms with Crippen LogP contribution in [0.1, 0.15) is 59.5 Å². The summed E-state index contributed by atoms with van der Waals surface area (Å²) in [7, 11) is -3.38. The summed E-state index contributed by atoms with van der Waals surface area (Å²) in [6.07, 6.45) is 14.5. The molecule has 0 spiro atoms. The van der Waals surface area contributed by atoms with Gasteiger partial charge in [0, 0.05) is 67.7 Å². The molecule has 0 radical (unpaired) electrons. The average molecular weight is 691 g/mol. The van der Waals surface area contributed by atoms with Crippen molar-refractivity contribution in [2.75, 3.05) is 45.8 Å². The molecular weight excluding hydrogens is 648 g/mol. The highest BCUT2D eigenvalue weighted by atomic mass is 35.5. The minimum Gasteiger partial charge on any atom is -0.462 e. The fourth-order valence-corrected chi connectivity index (χ4v) is 8.59. The lowest BCUT2D eigenvalue weighted by Gasteiger charge is -2.34. The number of nitrogens with zero attached hydrogens (tertiary/aromatic N) is 3. The lowest BCUT2D eigenvalue weighted by Crippen LogP contribution is -2.42. The molecule has 2 aromatic rings. The molecule has 4 aliphatic rings. The molecule has 1 amide bonds. The second kappa shape index (κ2) is 15.7. The number of carbonyl (C=O) groups excluding carboxylic acids is 2. The Morgan fingerprint density at radius 1 is 0.979 bits per heavy atom. The summed E-state index contributed by atoms with van der Waals surface area (Å²) >= 11 is 6.37. The maximum absolute atomic E-state index is 13.5. The summed E-state index contributed by atoms with van der Waals surface area (Å²) in [6, 6.07) is 14.9. The van der Waals surface area contributed by atoms with Crippen LogP contribution in [-0.4, -0.2) is 80.0 Å². The number of piperidine rings is 2. The second-order valence-electron chi connectivity index (χ2n) is 13.0. The van der Waals surface area contributed by atoms with Crippen LogP contribution in [0.15, 0.2) is 96.8 Å². The monoisotopic (exact) mass is 690 g/mol. The molecule has 0 aromatic heterocycles. The molecule has 6 rings (SSSR count). The van der Waals surface area contributed by atoms with E-state index in [2.05, 4.69) is 15.1 Å². The number of ether oxygens (including phenoxy) is 1. The molecular formula is C37H43ClN4O5S. The predicted molar refractivity (Wildman–Crippen MR) is 187 cm³/mol. The van der Waals surface area contributed by atoms with E-state index in [0.29, 0.717) is 55.2 Å². The first-order chi connectivity index (χ1) is 23.2. The Morgan fingerprint density at radius 2 is 1.75 bits per heavy atom. The van der Waals surface area contributed by atoms with Crippen molar-refractivity contribution in [1.82, 2.24) is 19.4 Å². The van der Waals surface area contributed by atoms with Crippen LogP contribution in [0, 0.1) is 5.92 Å². The van der Waals surface area contributed by atoms with E-state index in [4.69, 9.17) is 16.3 Å². The summed E-state index contributed by atoms with van der Waals surface area (Å²) in [6.45, 7) is 4.98. The van der Waals surface area contributed by atoms with Gasteiger partial charge in [-0.1, -0.05) is 60.2 Å². The summed E-state index contributed by atoms with van der Waals surface area (Å²) in [5, 5.41) is 3.67. The quantitative estimate of drug-likeness (QED) is 0.328. The molecule has 1 aliphatic carbocycles. The number of benzene rings is 2. The van der Waals surface area contributed by atoms with E-state index >= 15 is 0 Å². The van der Waals surface area contributed by atoms with Gasteiger partial charge in [0.05, 0.1) is 5.75 Å². The predicted octanol–water partition coefficient (Wildman–Crippen LogP) is 5.59. The zero-order chi connectivity index (χ0) is 33.5. The van der Waals surface area contributed by atoms with Crippen molar-refractivity contribution in [3.8, 4) is 0 Å². The highest BCUT2D eigenvalue weighted by molar-refractivity contribution is 7.88. The Hall–Kier alpha value is -3.70. The number of hydrogen-bond donors (Lipinski definition) is 1. The average Bonchev–Trinajstić information content (AvgIpc) is 3.10. The fourth-order valence-electron chi connectivity index (χ4n) is 6.86. The van der Waals surface area contributed by atoms with E-state index in [1.165, 1.54) is 0 Å². The summed E-state index contributed by atoms with van der Waals surface area (Å²) in [5.41, 5.74) is 3.34. The zero-order valence-corrected chi connectivity index (χ0v) is 28.7. The van der Waals surface area contributed by atoms with Crippen LogP contribution in [0.5, 0.6) is 0 Å². The number of hydrogen-bond acceptors (Lipinski definition) is 7. The molecule has 0 bridgehead atoms. The second-order valence-corrected chi connectivity index (χ2v) is 15.4. The Bertz CT molecular complexity index is 1710. The van der Waals surface area contributed by atoms with Crippen molar-refractivity contribution >= 4 is 33.3 Å². The molecule has 0 unspecified atom stereocenters. The van der Waals surface area contributed by atoms with Crippen LogP contribution in [0.2, 0.25) is 5.02 Å². The van der Waals surface area contributed by atoms with Crippen LogP contribution in [0.25, 0.3) is 0 Å². The van der Waals surface area contributed by atoms with Crippen molar-refractivity contribution in [3.05, 3.63) is 118 Å². The van der Waals surface area contributed by atoms with Crippen LogP contribution >= 0.6 is 11.6 Å². The maximum atomic E-state index is 13.5. The highest BCUT2D eigenvalue weighted by Gasteiger charge is 2.29. The first kappa shape index (κ1) is 34.2. The number of ketones is 1. The molecule has 2 fully saturated rings. The molecule has 9 nitrogen and oxygen atoms in total. The maximum Gasteiger partial charge on any atom is 0.251 e. The van der Waals surface area contributed by atoms with E-state index in [0.717, 1.165) is 55.7 Å². The van der Waals surface area contributed by atoms with Gasteiger partial charge in [0.1, 0.15) is 12.0 Å². The van der Waals surface area contributed by atoms with Gasteiger partial charge < -0.3 is 19.9 Å². The van der Waals surface area contributed by atoms with E-state index in [1.54, 1.807) is 28.8 Å². The van der Waals surface area contributed by atoms with E-state index in [-0.39, 0.29) is 29.3 Å². The molecule has 0 saturated carbocycles. The van der Waals surface area contributed by atoms with Crippen molar-refractivity contribution in [2.45, 2.75) is 43.8 Å². The Labute approximate surface area is 288 Å². The van der Waals surface area contributed by atoms with Crippen LogP contribution in [0.3, 0.4) is 0 Å². The zero-order valence-electron chi connectivity index (χ0n) is 27.1. The van der Waals surface area contributed by atoms with Gasteiger partial charge in [0.2, 0.25) is 10.0 Å². The third-order valence-electron chi connectivity index (χ3n) is 9.66. The number of rotatable bonds is 11.